The van der Waals surface area contributed by atoms with Gasteiger partial charge in [0.05, 0.1) is 23.0 Å². The molecule has 4 N–H and O–H groups in total. The number of rotatable bonds is 4. The second-order valence-corrected chi connectivity index (χ2v) is 13.6. The van der Waals surface area contributed by atoms with E-state index in [1.165, 1.54) is 13.8 Å². The number of allylic oxidation sites excluding steroid dienone is 1. The number of ketones is 1. The molecule has 4 fully saturated rings. The van der Waals surface area contributed by atoms with Crippen molar-refractivity contribution in [1.29, 1.82) is 0 Å². The zero-order valence-electron chi connectivity index (χ0n) is 23.7. The highest BCUT2D eigenvalue weighted by Crippen LogP contribution is 2.75. The molecule has 0 amide bonds. The quantitative estimate of drug-likeness (QED) is 0.291. The zero-order chi connectivity index (χ0) is 29.3. The van der Waals surface area contributed by atoms with Crippen LogP contribution in [0.3, 0.4) is 0 Å². The maximum atomic E-state index is 13.5. The normalized spacial score (nSPS) is 50.7. The molecule has 11 atom stereocenters. The maximum Gasteiger partial charge on any atom is 0.334 e. The van der Waals surface area contributed by atoms with Gasteiger partial charge in [0.15, 0.2) is 5.78 Å². The zero-order valence-corrected chi connectivity index (χ0v) is 23.7. The lowest BCUT2D eigenvalue weighted by Crippen LogP contribution is -2.76. The molecular formula is C30H40O10. The van der Waals surface area contributed by atoms with E-state index >= 15 is 0 Å². The van der Waals surface area contributed by atoms with E-state index in [0.29, 0.717) is 30.4 Å². The molecule has 0 unspecified atom stereocenters. The van der Waals surface area contributed by atoms with Gasteiger partial charge in [0.1, 0.15) is 35.1 Å². The average Bonchev–Trinajstić information content (AvgIpc) is 3.55. The van der Waals surface area contributed by atoms with Gasteiger partial charge in [0.25, 0.3) is 0 Å². The van der Waals surface area contributed by atoms with Crippen LogP contribution in [0.4, 0.5) is 0 Å². The highest BCUT2D eigenvalue weighted by molar-refractivity contribution is 5.97. The minimum Gasteiger partial charge on any atom is -0.465 e. The lowest BCUT2D eigenvalue weighted by molar-refractivity contribution is -0.302. The first-order chi connectivity index (χ1) is 18.5. The second kappa shape index (κ2) is 8.25. The monoisotopic (exact) mass is 560 g/mol. The van der Waals surface area contributed by atoms with Gasteiger partial charge in [-0.3, -0.25) is 9.59 Å². The second-order valence-electron chi connectivity index (χ2n) is 13.6. The number of esters is 2. The Kier molecular flexibility index (Phi) is 5.78. The summed E-state index contributed by atoms with van der Waals surface area (Å²) in [5.74, 6) is -2.44. The van der Waals surface area contributed by atoms with Crippen molar-refractivity contribution in [2.45, 2.75) is 114 Å². The predicted octanol–water partition coefficient (Wildman–Crippen LogP) is 1.27. The van der Waals surface area contributed by atoms with Crippen LogP contribution >= 0.6 is 0 Å². The van der Waals surface area contributed by atoms with Crippen LogP contribution in [0, 0.1) is 22.7 Å². The van der Waals surface area contributed by atoms with Gasteiger partial charge in [-0.15, -0.1) is 0 Å². The van der Waals surface area contributed by atoms with Crippen molar-refractivity contribution in [3.8, 4) is 0 Å². The summed E-state index contributed by atoms with van der Waals surface area (Å²) < 4.78 is 17.3. The standard InChI is InChI=1S/C30H40O10/c1-15-11-22(39-24(34)16(15)2)26(5,35)29(36)13-21(33)30(37)19-12-23-28(40-23)9-6-7-20(32)25(28,4)18(19)8-10-27(29,30)14-38-17(3)31/h6-7,18-19,21-23,33,35-37H,8-14H2,1-5H3/t18-,19+,21-,22+,23-,25-,26-,27-,28-,29+,30-/m0/s1. The van der Waals surface area contributed by atoms with Gasteiger partial charge in [0, 0.05) is 25.3 Å². The summed E-state index contributed by atoms with van der Waals surface area (Å²) in [5.41, 5.74) is -8.64. The summed E-state index contributed by atoms with van der Waals surface area (Å²) >= 11 is 0. The van der Waals surface area contributed by atoms with E-state index in [-0.39, 0.29) is 30.6 Å². The lowest BCUT2D eigenvalue weighted by atomic mass is 9.42. The Labute approximate surface area is 233 Å². The molecule has 2 aliphatic heterocycles. The molecule has 6 rings (SSSR count). The fraction of sp³-hybridized carbons (Fsp3) is 0.767. The Balaban J connectivity index is 1.48. The summed E-state index contributed by atoms with van der Waals surface area (Å²) in [6.07, 6.45) is 1.39. The minimum absolute atomic E-state index is 0.0451. The van der Waals surface area contributed by atoms with Crippen molar-refractivity contribution in [2.24, 2.45) is 22.7 Å². The molecule has 10 nitrogen and oxygen atoms in total. The number of fused-ring (bicyclic) bond motifs is 4. The lowest BCUT2D eigenvalue weighted by Gasteiger charge is -2.64. The maximum absolute atomic E-state index is 13.5. The van der Waals surface area contributed by atoms with Crippen LogP contribution in [0.15, 0.2) is 23.3 Å². The molecule has 1 saturated heterocycles. The highest BCUT2D eigenvalue weighted by Gasteiger charge is 2.85. The summed E-state index contributed by atoms with van der Waals surface area (Å²) in [5, 5.41) is 49.3. The van der Waals surface area contributed by atoms with Gasteiger partial charge in [-0.25, -0.2) is 4.79 Å². The van der Waals surface area contributed by atoms with Crippen molar-refractivity contribution < 1.29 is 49.0 Å². The third-order valence-electron chi connectivity index (χ3n) is 12.3. The van der Waals surface area contributed by atoms with Gasteiger partial charge in [-0.1, -0.05) is 11.6 Å². The van der Waals surface area contributed by atoms with E-state index < -0.39 is 76.3 Å². The van der Waals surface area contributed by atoms with Crippen LogP contribution in [0.25, 0.3) is 0 Å². The third-order valence-corrected chi connectivity index (χ3v) is 12.3. The first kappa shape index (κ1) is 28.0. The van der Waals surface area contributed by atoms with Gasteiger partial charge in [-0.05, 0) is 71.3 Å². The van der Waals surface area contributed by atoms with Crippen molar-refractivity contribution in [2.75, 3.05) is 6.61 Å². The Bertz CT molecular complexity index is 1250. The number of hydrogen-bond donors (Lipinski definition) is 4. The van der Waals surface area contributed by atoms with Gasteiger partial charge >= 0.3 is 11.9 Å². The highest BCUT2D eigenvalue weighted by atomic mass is 16.6. The molecule has 4 aliphatic carbocycles. The molecule has 0 aromatic carbocycles. The van der Waals surface area contributed by atoms with Crippen molar-refractivity contribution >= 4 is 17.7 Å². The SMILES string of the molecule is CC(=O)OC[C@]12CC[C@H]3[C@@H](C[C@@H]4O[C@@]45CC=CC(=O)[C@]35C)[C@]1(O)[C@@H](O)C[C@@]2(O)[C@@](C)(O)[C@H]1CC(C)=C(C)C(=O)O1. The van der Waals surface area contributed by atoms with E-state index in [1.54, 1.807) is 19.9 Å². The number of aliphatic hydroxyl groups excluding tert-OH is 1. The molecule has 3 saturated carbocycles. The van der Waals surface area contributed by atoms with Gasteiger partial charge in [-0.2, -0.15) is 0 Å². The minimum atomic E-state index is -2.23. The number of epoxide rings is 1. The molecule has 0 bridgehead atoms. The summed E-state index contributed by atoms with van der Waals surface area (Å²) in [7, 11) is 0. The Hall–Kier alpha value is -2.11. The number of aliphatic hydroxyl groups is 4. The molecular weight excluding hydrogens is 520 g/mol. The van der Waals surface area contributed by atoms with E-state index in [2.05, 4.69) is 0 Å². The van der Waals surface area contributed by atoms with Crippen molar-refractivity contribution in [1.82, 2.24) is 0 Å². The fourth-order valence-electron chi connectivity index (χ4n) is 9.66. The number of ether oxygens (including phenoxy) is 3. The van der Waals surface area contributed by atoms with E-state index in [1.807, 2.05) is 13.0 Å². The predicted molar refractivity (Wildman–Crippen MR) is 138 cm³/mol. The number of hydrogen-bond acceptors (Lipinski definition) is 10. The number of carbonyl (C=O) groups is 3. The van der Waals surface area contributed by atoms with Crippen molar-refractivity contribution in [3.63, 3.8) is 0 Å². The first-order valence-corrected chi connectivity index (χ1v) is 14.3. The number of cyclic esters (lactones) is 1. The molecule has 2 heterocycles. The molecule has 0 aromatic rings. The largest absolute Gasteiger partial charge is 0.465 e. The summed E-state index contributed by atoms with van der Waals surface area (Å²) in [6, 6.07) is 0. The van der Waals surface area contributed by atoms with Crippen LogP contribution in [-0.4, -0.2) is 85.5 Å². The Morgan fingerprint density at radius 1 is 1.23 bits per heavy atom. The molecule has 0 aromatic heterocycles. The van der Waals surface area contributed by atoms with Crippen LogP contribution in [0.5, 0.6) is 0 Å². The van der Waals surface area contributed by atoms with Gasteiger partial charge in [0.2, 0.25) is 0 Å². The Morgan fingerprint density at radius 2 is 1.93 bits per heavy atom. The fourth-order valence-corrected chi connectivity index (χ4v) is 9.66. The smallest absolute Gasteiger partial charge is 0.334 e. The molecule has 40 heavy (non-hydrogen) atoms. The molecule has 6 aliphatic rings. The van der Waals surface area contributed by atoms with E-state index in [0.717, 1.165) is 0 Å². The van der Waals surface area contributed by atoms with Gasteiger partial charge < -0.3 is 34.6 Å². The average molecular weight is 561 g/mol. The number of carbonyl (C=O) groups excluding carboxylic acids is 3. The van der Waals surface area contributed by atoms with E-state index in [9.17, 15) is 34.8 Å². The molecule has 220 valence electrons. The van der Waals surface area contributed by atoms with Crippen molar-refractivity contribution in [3.05, 3.63) is 23.3 Å². The summed E-state index contributed by atoms with van der Waals surface area (Å²) in [6.45, 7) is 7.35. The first-order valence-electron chi connectivity index (χ1n) is 14.3. The molecule has 1 spiro atoms. The van der Waals surface area contributed by atoms with Crippen LogP contribution in [-0.2, 0) is 28.6 Å². The third kappa shape index (κ3) is 2.99. The molecule has 0 radical (unpaired) electrons. The molecule has 10 heteroatoms. The Morgan fingerprint density at radius 3 is 2.58 bits per heavy atom. The van der Waals surface area contributed by atoms with Crippen LogP contribution < -0.4 is 0 Å². The topological polar surface area (TPSA) is 163 Å². The van der Waals surface area contributed by atoms with Crippen LogP contribution in [0.2, 0.25) is 0 Å². The van der Waals surface area contributed by atoms with E-state index in [4.69, 9.17) is 14.2 Å². The summed E-state index contributed by atoms with van der Waals surface area (Å²) in [4.78, 5) is 38.2. The van der Waals surface area contributed by atoms with Crippen LogP contribution in [0.1, 0.15) is 73.1 Å².